The molecule has 5 heteroatoms. The van der Waals surface area contributed by atoms with Crippen LogP contribution in [-0.2, 0) is 6.18 Å². The zero-order valence-electron chi connectivity index (χ0n) is 6.86. The minimum Gasteiger partial charge on any atom is -0.282 e. The molecule has 0 atom stereocenters. The summed E-state index contributed by atoms with van der Waals surface area (Å²) in [5.74, 6) is 0.0409. The third kappa shape index (κ3) is 1.43. The number of nitrogens with zero attached hydrogens (tertiary/aromatic N) is 1. The summed E-state index contributed by atoms with van der Waals surface area (Å²) in [5.41, 5.74) is -0.337. The summed E-state index contributed by atoms with van der Waals surface area (Å²) >= 11 is 0. The Morgan fingerprint density at radius 2 is 2.08 bits per heavy atom. The van der Waals surface area contributed by atoms with E-state index in [1.807, 2.05) is 0 Å². The summed E-state index contributed by atoms with van der Waals surface area (Å²) in [6, 6.07) is 0. The van der Waals surface area contributed by atoms with Gasteiger partial charge < -0.3 is 0 Å². The van der Waals surface area contributed by atoms with Crippen molar-refractivity contribution in [2.75, 3.05) is 0 Å². The molecule has 1 N–H and O–H groups in total. The third-order valence-electron chi connectivity index (χ3n) is 2.49. The second kappa shape index (κ2) is 2.75. The number of halogens is 3. The maximum absolute atomic E-state index is 12.3. The van der Waals surface area contributed by atoms with Crippen LogP contribution in [0, 0.1) is 0 Å². The molecule has 13 heavy (non-hydrogen) atoms. The van der Waals surface area contributed by atoms with Gasteiger partial charge in [-0.2, -0.15) is 18.3 Å². The number of rotatable bonds is 1. The average Bonchev–Trinajstić information content (AvgIpc) is 2.29. The van der Waals surface area contributed by atoms with Crippen molar-refractivity contribution in [1.82, 2.24) is 10.2 Å². The predicted molar refractivity (Wildman–Crippen MR) is 40.2 cm³/mol. The fraction of sp³-hybridized carbons (Fsp3) is 0.625. The van der Waals surface area contributed by atoms with E-state index in [1.165, 1.54) is 0 Å². The lowest BCUT2D eigenvalue weighted by Gasteiger charge is -2.25. The van der Waals surface area contributed by atoms with Gasteiger partial charge in [-0.25, -0.2) is 0 Å². The molecule has 0 aliphatic heterocycles. The van der Waals surface area contributed by atoms with Crippen molar-refractivity contribution in [3.63, 3.8) is 0 Å². The van der Waals surface area contributed by atoms with Gasteiger partial charge in [0.25, 0.3) is 0 Å². The zero-order valence-corrected chi connectivity index (χ0v) is 6.86. The molecular formula is C8H9F3N2. The molecule has 72 valence electrons. The zero-order chi connectivity index (χ0) is 9.47. The van der Waals surface area contributed by atoms with Crippen LogP contribution in [0.1, 0.15) is 36.4 Å². The number of H-pyrrole nitrogens is 1. The summed E-state index contributed by atoms with van der Waals surface area (Å²) in [6.45, 7) is 0. The number of nitrogens with one attached hydrogen (secondary N) is 1. The van der Waals surface area contributed by atoms with E-state index in [9.17, 15) is 13.2 Å². The van der Waals surface area contributed by atoms with Crippen LogP contribution < -0.4 is 0 Å². The molecule has 1 aromatic rings. The number of hydrogen-bond donors (Lipinski definition) is 1. The smallest absolute Gasteiger partial charge is 0.282 e. The Kier molecular flexibility index (Phi) is 1.82. The Morgan fingerprint density at radius 3 is 2.54 bits per heavy atom. The van der Waals surface area contributed by atoms with Crippen molar-refractivity contribution in [3.8, 4) is 0 Å². The lowest BCUT2D eigenvalue weighted by molar-refractivity contribution is -0.138. The van der Waals surface area contributed by atoms with Gasteiger partial charge >= 0.3 is 6.18 Å². The Labute approximate surface area is 73.1 Å². The molecule has 1 fully saturated rings. The van der Waals surface area contributed by atoms with E-state index >= 15 is 0 Å². The highest BCUT2D eigenvalue weighted by Gasteiger charge is 2.38. The molecule has 0 unspecified atom stereocenters. The lowest BCUT2D eigenvalue weighted by atomic mass is 9.81. The molecule has 1 aliphatic carbocycles. The highest BCUT2D eigenvalue weighted by atomic mass is 19.4. The number of aromatic amines is 1. The maximum Gasteiger partial charge on any atom is 0.419 e. The van der Waals surface area contributed by atoms with Crippen molar-refractivity contribution >= 4 is 0 Å². The second-order valence-corrected chi connectivity index (χ2v) is 3.32. The molecule has 1 aliphatic rings. The van der Waals surface area contributed by atoms with Gasteiger partial charge in [-0.3, -0.25) is 5.10 Å². The summed E-state index contributed by atoms with van der Waals surface area (Å²) in [5, 5.41) is 5.89. The van der Waals surface area contributed by atoms with E-state index in [2.05, 4.69) is 10.2 Å². The first-order valence-corrected chi connectivity index (χ1v) is 4.19. The van der Waals surface area contributed by atoms with E-state index < -0.39 is 11.7 Å². The standard InChI is InChI=1S/C8H9F3N2/c9-8(10,11)6-4-12-13-7(6)5-2-1-3-5/h4-5H,1-3H2,(H,12,13). The molecule has 1 saturated carbocycles. The van der Waals surface area contributed by atoms with Crippen molar-refractivity contribution < 1.29 is 13.2 Å². The molecule has 0 amide bonds. The van der Waals surface area contributed by atoms with E-state index in [1.54, 1.807) is 0 Å². The maximum atomic E-state index is 12.3. The fourth-order valence-corrected chi connectivity index (χ4v) is 1.53. The Bertz CT molecular complexity index is 299. The van der Waals surface area contributed by atoms with Crippen molar-refractivity contribution in [2.24, 2.45) is 0 Å². The number of hydrogen-bond acceptors (Lipinski definition) is 1. The highest BCUT2D eigenvalue weighted by molar-refractivity contribution is 5.24. The summed E-state index contributed by atoms with van der Waals surface area (Å²) < 4.78 is 37.0. The molecule has 0 bridgehead atoms. The minimum absolute atomic E-state index is 0.0409. The van der Waals surface area contributed by atoms with Gasteiger partial charge in [-0.05, 0) is 12.8 Å². The van der Waals surface area contributed by atoms with Crippen LogP contribution in [0.25, 0.3) is 0 Å². The van der Waals surface area contributed by atoms with Gasteiger partial charge in [-0.15, -0.1) is 0 Å². The van der Waals surface area contributed by atoms with Crippen LogP contribution in [0.15, 0.2) is 6.20 Å². The Hall–Kier alpha value is -1.00. The summed E-state index contributed by atoms with van der Waals surface area (Å²) in [7, 11) is 0. The van der Waals surface area contributed by atoms with Gasteiger partial charge in [0.2, 0.25) is 0 Å². The van der Waals surface area contributed by atoms with Crippen LogP contribution in [0.5, 0.6) is 0 Å². The van der Waals surface area contributed by atoms with Gasteiger partial charge in [0.15, 0.2) is 0 Å². The highest BCUT2D eigenvalue weighted by Crippen LogP contribution is 2.41. The van der Waals surface area contributed by atoms with Gasteiger partial charge in [0.1, 0.15) is 0 Å². The van der Waals surface area contributed by atoms with Crippen LogP contribution in [0.4, 0.5) is 13.2 Å². The van der Waals surface area contributed by atoms with E-state index in [-0.39, 0.29) is 11.6 Å². The number of alkyl halides is 3. The van der Waals surface area contributed by atoms with E-state index in [4.69, 9.17) is 0 Å². The van der Waals surface area contributed by atoms with Crippen LogP contribution in [0.2, 0.25) is 0 Å². The van der Waals surface area contributed by atoms with Gasteiger partial charge in [0.05, 0.1) is 17.5 Å². The van der Waals surface area contributed by atoms with E-state index in [0.29, 0.717) is 0 Å². The molecule has 0 saturated heterocycles. The quantitative estimate of drug-likeness (QED) is 0.724. The third-order valence-corrected chi connectivity index (χ3v) is 2.49. The Balaban J connectivity index is 2.30. The average molecular weight is 190 g/mol. The Morgan fingerprint density at radius 1 is 1.38 bits per heavy atom. The molecule has 0 aromatic carbocycles. The lowest BCUT2D eigenvalue weighted by Crippen LogP contribution is -2.15. The van der Waals surface area contributed by atoms with Gasteiger partial charge in [0, 0.05) is 5.92 Å². The summed E-state index contributed by atoms with van der Waals surface area (Å²) in [6.07, 6.45) is -0.705. The van der Waals surface area contributed by atoms with Gasteiger partial charge in [-0.1, -0.05) is 6.42 Å². The predicted octanol–water partition coefficient (Wildman–Crippen LogP) is 2.70. The first kappa shape index (κ1) is 8.59. The van der Waals surface area contributed by atoms with E-state index in [0.717, 1.165) is 25.5 Å². The van der Waals surface area contributed by atoms with Crippen LogP contribution in [-0.4, -0.2) is 10.2 Å². The normalized spacial score (nSPS) is 18.7. The molecule has 1 heterocycles. The fourth-order valence-electron chi connectivity index (χ4n) is 1.53. The molecule has 1 aromatic heterocycles. The minimum atomic E-state index is -4.27. The van der Waals surface area contributed by atoms with Crippen LogP contribution in [0.3, 0.4) is 0 Å². The monoisotopic (exact) mass is 190 g/mol. The summed E-state index contributed by atoms with van der Waals surface area (Å²) in [4.78, 5) is 0. The van der Waals surface area contributed by atoms with Crippen LogP contribution >= 0.6 is 0 Å². The van der Waals surface area contributed by atoms with Crippen molar-refractivity contribution in [3.05, 3.63) is 17.5 Å². The molecular weight excluding hydrogens is 181 g/mol. The molecule has 0 spiro atoms. The first-order valence-electron chi connectivity index (χ1n) is 4.19. The topological polar surface area (TPSA) is 28.7 Å². The molecule has 0 radical (unpaired) electrons. The molecule has 2 nitrogen and oxygen atoms in total. The van der Waals surface area contributed by atoms with Crippen molar-refractivity contribution in [1.29, 1.82) is 0 Å². The molecule has 2 rings (SSSR count). The van der Waals surface area contributed by atoms with Crippen molar-refractivity contribution in [2.45, 2.75) is 31.4 Å². The SMILES string of the molecule is FC(F)(F)c1cn[nH]c1C1CCC1. The first-order chi connectivity index (χ1) is 6.09. The number of aromatic nitrogens is 2. The second-order valence-electron chi connectivity index (χ2n) is 3.32. The largest absolute Gasteiger partial charge is 0.419 e.